The molecule has 6 unspecified atom stereocenters. The van der Waals surface area contributed by atoms with Gasteiger partial charge in [-0.15, -0.1) is 0 Å². The normalized spacial score (nSPS) is 16.6. The van der Waals surface area contributed by atoms with Crippen molar-refractivity contribution in [1.82, 2.24) is 16.0 Å². The van der Waals surface area contributed by atoms with Crippen LogP contribution in [-0.4, -0.2) is 64.0 Å². The van der Waals surface area contributed by atoms with Crippen LogP contribution in [0.25, 0.3) is 0 Å². The summed E-state index contributed by atoms with van der Waals surface area (Å²) in [7, 11) is 0. The topological polar surface area (TPSA) is 188 Å². The molecule has 0 saturated heterocycles. The lowest BCUT2D eigenvalue weighted by Crippen LogP contribution is -2.59. The fourth-order valence-electron chi connectivity index (χ4n) is 3.16. The first-order valence-electron chi connectivity index (χ1n) is 11.4. The molecule has 0 fully saturated rings. The predicted octanol–water partition coefficient (Wildman–Crippen LogP) is 0.466. The molecule has 0 saturated carbocycles. The maximum Gasteiger partial charge on any atom is 0.326 e. The predicted molar refractivity (Wildman–Crippen MR) is 122 cm³/mol. The monoisotopic (exact) mass is 472 g/mol. The van der Waals surface area contributed by atoms with E-state index in [0.29, 0.717) is 19.3 Å². The number of hydrogen-bond acceptors (Lipinski definition) is 6. The Kier molecular flexibility index (Phi) is 13.3. The van der Waals surface area contributed by atoms with Crippen molar-refractivity contribution in [3.05, 3.63) is 0 Å². The van der Waals surface area contributed by atoms with Gasteiger partial charge in [0.25, 0.3) is 0 Å². The van der Waals surface area contributed by atoms with Crippen molar-refractivity contribution in [3.8, 4) is 0 Å². The van der Waals surface area contributed by atoms with Crippen LogP contribution in [0.1, 0.15) is 67.2 Å². The van der Waals surface area contributed by atoms with Gasteiger partial charge in [-0.05, 0) is 24.2 Å². The van der Waals surface area contributed by atoms with E-state index in [1.807, 2.05) is 20.8 Å². The van der Waals surface area contributed by atoms with Crippen LogP contribution in [0.3, 0.4) is 0 Å². The van der Waals surface area contributed by atoms with Crippen molar-refractivity contribution in [2.75, 3.05) is 0 Å². The summed E-state index contributed by atoms with van der Waals surface area (Å²) >= 11 is 0. The zero-order chi connectivity index (χ0) is 25.9. The van der Waals surface area contributed by atoms with Crippen LogP contribution in [0.15, 0.2) is 0 Å². The molecule has 0 radical (unpaired) electrons. The van der Waals surface area contributed by atoms with E-state index in [9.17, 15) is 34.2 Å². The molecular formula is C22H40N4O7. The molecule has 0 aliphatic carbocycles. The van der Waals surface area contributed by atoms with Gasteiger partial charge < -0.3 is 31.9 Å². The van der Waals surface area contributed by atoms with Crippen LogP contribution in [0, 0.1) is 17.8 Å². The van der Waals surface area contributed by atoms with E-state index in [-0.39, 0.29) is 11.8 Å². The third kappa shape index (κ3) is 10.6. The molecule has 0 aliphatic rings. The number of amides is 3. The van der Waals surface area contributed by atoms with Gasteiger partial charge >= 0.3 is 11.9 Å². The number of nitrogens with one attached hydrogen (secondary N) is 3. The fourth-order valence-corrected chi connectivity index (χ4v) is 3.16. The maximum atomic E-state index is 13.0. The fraction of sp³-hybridized carbons (Fsp3) is 0.773. The first kappa shape index (κ1) is 30.3. The van der Waals surface area contributed by atoms with Gasteiger partial charge in [0, 0.05) is 0 Å². The number of hydrogen-bond donors (Lipinski definition) is 6. The van der Waals surface area contributed by atoms with Gasteiger partial charge in [0.1, 0.15) is 18.1 Å². The molecule has 0 bridgehead atoms. The summed E-state index contributed by atoms with van der Waals surface area (Å²) in [4.78, 5) is 61.0. The Bertz CT molecular complexity index is 698. The average molecular weight is 473 g/mol. The Morgan fingerprint density at radius 1 is 0.758 bits per heavy atom. The van der Waals surface area contributed by atoms with Crippen LogP contribution in [0.2, 0.25) is 0 Å². The molecule has 0 aromatic carbocycles. The lowest BCUT2D eigenvalue weighted by molar-refractivity contribution is -0.144. The van der Waals surface area contributed by atoms with Crippen molar-refractivity contribution < 1.29 is 34.2 Å². The second-order valence-electron chi connectivity index (χ2n) is 8.98. The van der Waals surface area contributed by atoms with Crippen LogP contribution in [0.4, 0.5) is 0 Å². The van der Waals surface area contributed by atoms with Gasteiger partial charge in [-0.3, -0.25) is 19.2 Å². The first-order chi connectivity index (χ1) is 15.2. The van der Waals surface area contributed by atoms with Gasteiger partial charge in [-0.25, -0.2) is 4.79 Å². The smallest absolute Gasteiger partial charge is 0.326 e. The minimum absolute atomic E-state index is 0.165. The van der Waals surface area contributed by atoms with E-state index in [1.54, 1.807) is 20.8 Å². The Balaban J connectivity index is 5.62. The SMILES string of the molecule is CCC(C)C(NC(=O)C(CC(=O)O)NC(=O)C(NC(=O)C(N)CC(C)C)C(C)CC)C(=O)O. The summed E-state index contributed by atoms with van der Waals surface area (Å²) in [5, 5.41) is 25.9. The summed E-state index contributed by atoms with van der Waals surface area (Å²) in [5.41, 5.74) is 5.91. The molecule has 0 aromatic heterocycles. The number of carbonyl (C=O) groups excluding carboxylic acids is 3. The van der Waals surface area contributed by atoms with E-state index in [2.05, 4.69) is 16.0 Å². The van der Waals surface area contributed by atoms with Crippen molar-refractivity contribution in [3.63, 3.8) is 0 Å². The highest BCUT2D eigenvalue weighted by Gasteiger charge is 2.34. The molecular weight excluding hydrogens is 432 g/mol. The van der Waals surface area contributed by atoms with Gasteiger partial charge in [-0.2, -0.15) is 0 Å². The van der Waals surface area contributed by atoms with E-state index in [1.165, 1.54) is 0 Å². The van der Waals surface area contributed by atoms with Gasteiger partial charge in [0.2, 0.25) is 17.7 Å². The van der Waals surface area contributed by atoms with Crippen molar-refractivity contribution in [1.29, 1.82) is 0 Å². The molecule has 6 atom stereocenters. The Morgan fingerprint density at radius 2 is 1.24 bits per heavy atom. The summed E-state index contributed by atoms with van der Waals surface area (Å²) in [6.45, 7) is 10.8. The highest BCUT2D eigenvalue weighted by Crippen LogP contribution is 2.12. The second-order valence-corrected chi connectivity index (χ2v) is 8.98. The standard InChI is InChI=1S/C22H40N4O7/c1-7-12(5)17(25-19(29)14(23)9-11(3)4)21(31)24-15(10-16(27)28)20(30)26-18(22(32)33)13(6)8-2/h11-15,17-18H,7-10,23H2,1-6H3,(H,24,31)(H,25,29)(H,26,30)(H,27,28)(H,32,33). The molecule has 0 spiro atoms. The largest absolute Gasteiger partial charge is 0.481 e. The zero-order valence-corrected chi connectivity index (χ0v) is 20.4. The molecule has 190 valence electrons. The maximum absolute atomic E-state index is 13.0. The molecule has 0 heterocycles. The quantitative estimate of drug-likeness (QED) is 0.198. The highest BCUT2D eigenvalue weighted by molar-refractivity contribution is 5.95. The van der Waals surface area contributed by atoms with Crippen LogP contribution in [0.5, 0.6) is 0 Å². The Morgan fingerprint density at radius 3 is 1.67 bits per heavy atom. The summed E-state index contributed by atoms with van der Waals surface area (Å²) < 4.78 is 0. The number of carboxylic acid groups (broad SMARTS) is 2. The molecule has 11 nitrogen and oxygen atoms in total. The molecule has 0 aliphatic heterocycles. The third-order valence-electron chi connectivity index (χ3n) is 5.64. The molecule has 0 rings (SSSR count). The van der Waals surface area contributed by atoms with Crippen LogP contribution >= 0.6 is 0 Å². The number of nitrogens with two attached hydrogens (primary N) is 1. The highest BCUT2D eigenvalue weighted by atomic mass is 16.4. The second kappa shape index (κ2) is 14.5. The van der Waals surface area contributed by atoms with Crippen molar-refractivity contribution in [2.45, 2.75) is 91.4 Å². The van der Waals surface area contributed by atoms with E-state index >= 15 is 0 Å². The Labute approximate surface area is 195 Å². The number of aliphatic carboxylic acids is 2. The molecule has 3 amide bonds. The van der Waals surface area contributed by atoms with Gasteiger partial charge in [-0.1, -0.05) is 54.4 Å². The van der Waals surface area contributed by atoms with Crippen LogP contribution in [-0.2, 0) is 24.0 Å². The molecule has 0 aromatic rings. The zero-order valence-electron chi connectivity index (χ0n) is 20.4. The average Bonchev–Trinajstić information content (AvgIpc) is 2.72. The van der Waals surface area contributed by atoms with Gasteiger partial charge in [0.15, 0.2) is 0 Å². The molecule has 7 N–H and O–H groups in total. The van der Waals surface area contributed by atoms with Crippen molar-refractivity contribution in [2.24, 2.45) is 23.5 Å². The lowest BCUT2D eigenvalue weighted by atomic mass is 9.96. The van der Waals surface area contributed by atoms with Crippen LogP contribution < -0.4 is 21.7 Å². The third-order valence-corrected chi connectivity index (χ3v) is 5.64. The van der Waals surface area contributed by atoms with E-state index in [0.717, 1.165) is 0 Å². The van der Waals surface area contributed by atoms with Crippen molar-refractivity contribution >= 4 is 29.7 Å². The lowest BCUT2D eigenvalue weighted by Gasteiger charge is -2.28. The molecule has 33 heavy (non-hydrogen) atoms. The number of carboxylic acids is 2. The minimum Gasteiger partial charge on any atom is -0.481 e. The summed E-state index contributed by atoms with van der Waals surface area (Å²) in [6, 6.07) is -4.63. The minimum atomic E-state index is -1.52. The first-order valence-corrected chi connectivity index (χ1v) is 11.4. The summed E-state index contributed by atoms with van der Waals surface area (Å²) in [5.74, 6) is -5.39. The summed E-state index contributed by atoms with van der Waals surface area (Å²) in [6.07, 6.45) is 0.643. The van der Waals surface area contributed by atoms with E-state index < -0.39 is 66.2 Å². The Hall–Kier alpha value is -2.69. The van der Waals surface area contributed by atoms with E-state index in [4.69, 9.17) is 5.73 Å². The van der Waals surface area contributed by atoms with Gasteiger partial charge in [0.05, 0.1) is 12.5 Å². The number of rotatable bonds is 15. The molecule has 11 heteroatoms. The number of carbonyl (C=O) groups is 5.